The number of amides is 2. The van der Waals surface area contributed by atoms with Crippen LogP contribution in [0.2, 0.25) is 0 Å². The topological polar surface area (TPSA) is 63.4 Å². The molecule has 4 nitrogen and oxygen atoms in total. The van der Waals surface area contributed by atoms with Gasteiger partial charge in [0.15, 0.2) is 0 Å². The maximum Gasteiger partial charge on any atom is 0.227 e. The number of nitrogens with zero attached hydrogens (tertiary/aromatic N) is 1. The zero-order valence-electron chi connectivity index (χ0n) is 9.45. The molecule has 0 bridgehead atoms. The van der Waals surface area contributed by atoms with E-state index < -0.39 is 11.3 Å². The highest BCUT2D eigenvalue weighted by Gasteiger charge is 2.31. The van der Waals surface area contributed by atoms with Crippen LogP contribution in [0.1, 0.15) is 33.1 Å². The van der Waals surface area contributed by atoms with E-state index in [9.17, 15) is 9.59 Å². The second-order valence-corrected chi connectivity index (χ2v) is 4.62. The first kappa shape index (κ1) is 12.0. The summed E-state index contributed by atoms with van der Waals surface area (Å²) >= 11 is 0. The lowest BCUT2D eigenvalue weighted by Crippen LogP contribution is -2.42. The molecule has 15 heavy (non-hydrogen) atoms. The predicted molar refractivity (Wildman–Crippen MR) is 57.7 cm³/mol. The van der Waals surface area contributed by atoms with Crippen molar-refractivity contribution in [3.63, 3.8) is 0 Å². The molecule has 0 unspecified atom stereocenters. The zero-order valence-corrected chi connectivity index (χ0v) is 9.45. The fourth-order valence-electron chi connectivity index (χ4n) is 1.59. The minimum Gasteiger partial charge on any atom is -0.369 e. The molecule has 4 heteroatoms. The van der Waals surface area contributed by atoms with Gasteiger partial charge < -0.3 is 10.6 Å². The van der Waals surface area contributed by atoms with E-state index in [2.05, 4.69) is 0 Å². The van der Waals surface area contributed by atoms with Gasteiger partial charge >= 0.3 is 0 Å². The van der Waals surface area contributed by atoms with Crippen LogP contribution in [0.3, 0.4) is 0 Å². The SMILES string of the molecule is CC(C)([CH]C(=O)N1CCCCC1)C(N)=O. The number of nitrogens with two attached hydrogens (primary N) is 1. The number of carbonyl (C=O) groups excluding carboxylic acids is 2. The standard InChI is InChI=1S/C11H19N2O2/c1-11(2,10(12)15)8-9(14)13-6-4-3-5-7-13/h8H,3-7H2,1-2H3,(H2,12,15). The maximum absolute atomic E-state index is 11.8. The first-order valence-corrected chi connectivity index (χ1v) is 5.38. The lowest BCUT2D eigenvalue weighted by Gasteiger charge is -2.29. The highest BCUT2D eigenvalue weighted by molar-refractivity contribution is 5.94. The number of rotatable bonds is 3. The molecule has 1 fully saturated rings. The quantitative estimate of drug-likeness (QED) is 0.747. The van der Waals surface area contributed by atoms with Gasteiger partial charge in [0.1, 0.15) is 0 Å². The van der Waals surface area contributed by atoms with Crippen LogP contribution >= 0.6 is 0 Å². The molecule has 1 rings (SSSR count). The summed E-state index contributed by atoms with van der Waals surface area (Å²) in [6.45, 7) is 4.92. The van der Waals surface area contributed by atoms with Crippen LogP contribution in [0.25, 0.3) is 0 Å². The van der Waals surface area contributed by atoms with Crippen molar-refractivity contribution in [1.82, 2.24) is 4.90 Å². The van der Waals surface area contributed by atoms with Crippen molar-refractivity contribution < 1.29 is 9.59 Å². The van der Waals surface area contributed by atoms with E-state index >= 15 is 0 Å². The average molecular weight is 211 g/mol. The van der Waals surface area contributed by atoms with Crippen molar-refractivity contribution in [2.75, 3.05) is 13.1 Å². The van der Waals surface area contributed by atoms with Crippen LogP contribution in [0.15, 0.2) is 0 Å². The normalized spacial score (nSPS) is 17.6. The van der Waals surface area contributed by atoms with Crippen molar-refractivity contribution in [1.29, 1.82) is 0 Å². The number of primary amides is 1. The molecule has 0 aliphatic carbocycles. The summed E-state index contributed by atoms with van der Waals surface area (Å²) in [4.78, 5) is 24.6. The Kier molecular flexibility index (Phi) is 3.72. The summed E-state index contributed by atoms with van der Waals surface area (Å²) in [5, 5.41) is 0. The molecular weight excluding hydrogens is 192 g/mol. The molecule has 2 N–H and O–H groups in total. The third kappa shape index (κ3) is 3.22. The van der Waals surface area contributed by atoms with Gasteiger partial charge in [0.25, 0.3) is 0 Å². The van der Waals surface area contributed by atoms with Crippen LogP contribution in [0, 0.1) is 11.8 Å². The average Bonchev–Trinajstić information content (AvgIpc) is 2.18. The Balaban J connectivity index is 2.50. The van der Waals surface area contributed by atoms with Crippen LogP contribution in [-0.4, -0.2) is 29.8 Å². The first-order valence-electron chi connectivity index (χ1n) is 5.38. The van der Waals surface area contributed by atoms with E-state index in [1.54, 1.807) is 18.7 Å². The van der Waals surface area contributed by atoms with Crippen molar-refractivity contribution in [2.24, 2.45) is 11.1 Å². The minimum absolute atomic E-state index is 0.0708. The minimum atomic E-state index is -0.853. The largest absolute Gasteiger partial charge is 0.369 e. The number of hydrogen-bond acceptors (Lipinski definition) is 2. The van der Waals surface area contributed by atoms with Crippen LogP contribution in [-0.2, 0) is 9.59 Å². The van der Waals surface area contributed by atoms with Gasteiger partial charge in [0, 0.05) is 13.1 Å². The van der Waals surface area contributed by atoms with E-state index in [1.165, 1.54) is 12.8 Å². The molecule has 0 saturated carbocycles. The molecule has 1 saturated heterocycles. The Labute approximate surface area is 90.8 Å². The molecule has 0 aromatic carbocycles. The zero-order chi connectivity index (χ0) is 11.5. The van der Waals surface area contributed by atoms with Crippen molar-refractivity contribution in [2.45, 2.75) is 33.1 Å². The van der Waals surface area contributed by atoms with Gasteiger partial charge in [-0.25, -0.2) is 0 Å². The van der Waals surface area contributed by atoms with Crippen molar-refractivity contribution >= 4 is 11.8 Å². The Morgan fingerprint density at radius 3 is 2.20 bits per heavy atom. The lowest BCUT2D eigenvalue weighted by molar-refractivity contribution is -0.133. The smallest absolute Gasteiger partial charge is 0.227 e. The number of likely N-dealkylation sites (tertiary alicyclic amines) is 1. The summed E-state index contributed by atoms with van der Waals surface area (Å²) in [6.07, 6.45) is 4.72. The second-order valence-electron chi connectivity index (χ2n) is 4.62. The molecule has 85 valence electrons. The molecule has 0 aromatic heterocycles. The monoisotopic (exact) mass is 211 g/mol. The molecule has 1 aliphatic rings. The molecular formula is C11H19N2O2. The summed E-state index contributed by atoms with van der Waals surface area (Å²) in [5.41, 5.74) is 4.35. The number of carbonyl (C=O) groups is 2. The van der Waals surface area contributed by atoms with E-state index in [4.69, 9.17) is 5.73 Å². The van der Waals surface area contributed by atoms with Gasteiger partial charge in [-0.05, 0) is 19.3 Å². The first-order chi connectivity index (χ1) is 6.93. The lowest BCUT2D eigenvalue weighted by atomic mass is 9.88. The molecule has 1 radical (unpaired) electrons. The van der Waals surface area contributed by atoms with Crippen LogP contribution in [0.4, 0.5) is 0 Å². The van der Waals surface area contributed by atoms with Crippen molar-refractivity contribution in [3.05, 3.63) is 6.42 Å². The fourth-order valence-corrected chi connectivity index (χ4v) is 1.59. The van der Waals surface area contributed by atoms with Gasteiger partial charge in [-0.3, -0.25) is 9.59 Å². The molecule has 0 spiro atoms. The highest BCUT2D eigenvalue weighted by atomic mass is 16.2. The predicted octanol–water partition coefficient (Wildman–Crippen LogP) is 0.715. The number of hydrogen-bond donors (Lipinski definition) is 1. The molecule has 2 amide bonds. The van der Waals surface area contributed by atoms with Gasteiger partial charge in [0.2, 0.25) is 11.8 Å². The summed E-state index contributed by atoms with van der Waals surface area (Å²) < 4.78 is 0. The molecule has 1 heterocycles. The summed E-state index contributed by atoms with van der Waals surface area (Å²) in [7, 11) is 0. The molecule has 1 aliphatic heterocycles. The van der Waals surface area contributed by atoms with Crippen LogP contribution in [0.5, 0.6) is 0 Å². The van der Waals surface area contributed by atoms with Gasteiger partial charge in [0.05, 0.1) is 11.8 Å². The van der Waals surface area contributed by atoms with E-state index in [0.29, 0.717) is 0 Å². The van der Waals surface area contributed by atoms with E-state index in [-0.39, 0.29) is 5.91 Å². The summed E-state index contributed by atoms with van der Waals surface area (Å²) in [6, 6.07) is 0. The Morgan fingerprint density at radius 1 is 1.20 bits per heavy atom. The Bertz CT molecular complexity index is 255. The van der Waals surface area contributed by atoms with Gasteiger partial charge in [-0.15, -0.1) is 0 Å². The third-order valence-corrected chi connectivity index (χ3v) is 2.79. The van der Waals surface area contributed by atoms with E-state index in [0.717, 1.165) is 25.9 Å². The van der Waals surface area contributed by atoms with Crippen LogP contribution < -0.4 is 5.73 Å². The van der Waals surface area contributed by atoms with Crippen molar-refractivity contribution in [3.8, 4) is 0 Å². The Hall–Kier alpha value is -1.06. The van der Waals surface area contributed by atoms with Gasteiger partial charge in [-0.2, -0.15) is 0 Å². The molecule has 0 atom stereocenters. The third-order valence-electron chi connectivity index (χ3n) is 2.79. The fraction of sp³-hybridized carbons (Fsp3) is 0.727. The van der Waals surface area contributed by atoms with E-state index in [1.807, 2.05) is 0 Å². The second kappa shape index (κ2) is 4.64. The molecule has 0 aromatic rings. The Morgan fingerprint density at radius 2 is 1.73 bits per heavy atom. The van der Waals surface area contributed by atoms with Gasteiger partial charge in [-0.1, -0.05) is 13.8 Å². The number of piperidine rings is 1. The maximum atomic E-state index is 11.8. The summed E-state index contributed by atoms with van der Waals surface area (Å²) in [5.74, 6) is -0.536. The highest BCUT2D eigenvalue weighted by Crippen LogP contribution is 2.21.